The van der Waals surface area contributed by atoms with Crippen LogP contribution in [0.2, 0.25) is 0 Å². The average molecular weight is 494 g/mol. The summed E-state index contributed by atoms with van der Waals surface area (Å²) in [6.07, 6.45) is 0.682. The Morgan fingerprint density at radius 3 is 2.53 bits per heavy atom. The Hall–Kier alpha value is -3.43. The van der Waals surface area contributed by atoms with E-state index >= 15 is 0 Å². The summed E-state index contributed by atoms with van der Waals surface area (Å²) in [5.41, 5.74) is 4.00. The summed E-state index contributed by atoms with van der Waals surface area (Å²) in [6, 6.07) is 17.3. The van der Waals surface area contributed by atoms with Crippen LogP contribution in [0.5, 0.6) is 5.75 Å². The van der Waals surface area contributed by atoms with E-state index in [1.54, 1.807) is 7.11 Å². The molecule has 34 heavy (non-hydrogen) atoms. The summed E-state index contributed by atoms with van der Waals surface area (Å²) >= 11 is 1.41. The monoisotopic (exact) mass is 493 g/mol. The zero-order valence-corrected chi connectivity index (χ0v) is 20.6. The molecule has 4 aromatic rings. The first kappa shape index (κ1) is 22.4. The van der Waals surface area contributed by atoms with Crippen LogP contribution in [-0.4, -0.2) is 32.5 Å². The Balaban J connectivity index is 1.47. The van der Waals surface area contributed by atoms with Crippen LogP contribution < -0.4 is 13.8 Å². The maximum Gasteiger partial charge on any atom is 0.279 e. The molecule has 0 atom stereocenters. The highest BCUT2D eigenvalue weighted by molar-refractivity contribution is 7.92. The van der Waals surface area contributed by atoms with Crippen molar-refractivity contribution in [1.82, 2.24) is 4.57 Å². The number of aryl methyl sites for hydroxylation is 2. The van der Waals surface area contributed by atoms with Gasteiger partial charge >= 0.3 is 0 Å². The van der Waals surface area contributed by atoms with E-state index in [2.05, 4.69) is 4.99 Å². The van der Waals surface area contributed by atoms with E-state index in [0.29, 0.717) is 34.8 Å². The molecule has 0 bridgehead atoms. The fraction of sp³-hybridized carbons (Fsp3) is 0.200. The SMILES string of the molecule is COc1ccc(C)c2sc(=NC(=O)c3ccc(S(=O)(=O)N4CCc5ccccc54)cc3)n(C)c12. The van der Waals surface area contributed by atoms with Crippen molar-refractivity contribution >= 4 is 43.2 Å². The van der Waals surface area contributed by atoms with Crippen LogP contribution in [0, 0.1) is 6.92 Å². The lowest BCUT2D eigenvalue weighted by Gasteiger charge is -2.19. The lowest BCUT2D eigenvalue weighted by atomic mass is 10.2. The molecule has 0 radical (unpaired) electrons. The molecule has 9 heteroatoms. The number of fused-ring (bicyclic) bond motifs is 2. The number of aromatic nitrogens is 1. The van der Waals surface area contributed by atoms with E-state index in [4.69, 9.17) is 4.74 Å². The van der Waals surface area contributed by atoms with Crippen LogP contribution in [0.1, 0.15) is 21.5 Å². The summed E-state index contributed by atoms with van der Waals surface area (Å²) < 4.78 is 36.2. The molecule has 0 aliphatic carbocycles. The van der Waals surface area contributed by atoms with E-state index < -0.39 is 15.9 Å². The molecule has 1 aliphatic heterocycles. The minimum atomic E-state index is -3.71. The van der Waals surface area contributed by atoms with E-state index in [-0.39, 0.29) is 4.90 Å². The van der Waals surface area contributed by atoms with Crippen LogP contribution in [-0.2, 0) is 23.5 Å². The number of hydrogen-bond donors (Lipinski definition) is 0. The smallest absolute Gasteiger partial charge is 0.279 e. The molecular formula is C25H23N3O4S2. The second kappa shape index (κ2) is 8.41. The van der Waals surface area contributed by atoms with Crippen LogP contribution in [0.25, 0.3) is 10.2 Å². The minimum absolute atomic E-state index is 0.147. The van der Waals surface area contributed by atoms with Crippen LogP contribution in [0.15, 0.2) is 70.6 Å². The largest absolute Gasteiger partial charge is 0.495 e. The number of thiazole rings is 1. The summed E-state index contributed by atoms with van der Waals surface area (Å²) in [6.45, 7) is 2.41. The van der Waals surface area contributed by atoms with Gasteiger partial charge in [-0.15, -0.1) is 0 Å². The van der Waals surface area contributed by atoms with Gasteiger partial charge < -0.3 is 9.30 Å². The number of nitrogens with zero attached hydrogens (tertiary/aromatic N) is 3. The van der Waals surface area contributed by atoms with E-state index in [9.17, 15) is 13.2 Å². The molecule has 0 saturated carbocycles. The van der Waals surface area contributed by atoms with Crippen molar-refractivity contribution < 1.29 is 17.9 Å². The number of para-hydroxylation sites is 1. The number of anilines is 1. The van der Waals surface area contributed by atoms with Gasteiger partial charge in [-0.05, 0) is 60.9 Å². The highest BCUT2D eigenvalue weighted by Gasteiger charge is 2.30. The Morgan fingerprint density at radius 2 is 1.79 bits per heavy atom. The van der Waals surface area contributed by atoms with E-state index in [1.165, 1.54) is 39.9 Å². The molecule has 0 saturated heterocycles. The molecule has 174 valence electrons. The number of benzene rings is 3. The van der Waals surface area contributed by atoms with Gasteiger partial charge in [0.15, 0.2) is 4.80 Å². The minimum Gasteiger partial charge on any atom is -0.495 e. The number of amides is 1. The Labute approximate surface area is 201 Å². The standard InChI is InChI=1S/C25H23N3O4S2/c1-16-8-13-21(32-3)22-23(16)33-25(27(22)2)26-24(29)18-9-11-19(12-10-18)34(30,31)28-15-14-17-6-4-5-7-20(17)28/h4-13H,14-15H2,1-3H3. The molecule has 1 amide bonds. The molecule has 3 aromatic carbocycles. The van der Waals surface area contributed by atoms with Crippen molar-refractivity contribution in [2.75, 3.05) is 18.0 Å². The summed E-state index contributed by atoms with van der Waals surface area (Å²) in [7, 11) is -0.260. The topological polar surface area (TPSA) is 81.0 Å². The van der Waals surface area contributed by atoms with E-state index in [1.807, 2.05) is 54.9 Å². The highest BCUT2D eigenvalue weighted by atomic mass is 32.2. The molecule has 7 nitrogen and oxygen atoms in total. The maximum absolute atomic E-state index is 13.2. The third-order valence-electron chi connectivity index (χ3n) is 6.06. The van der Waals surface area contributed by atoms with Gasteiger partial charge in [-0.1, -0.05) is 35.6 Å². The molecule has 0 fully saturated rings. The number of methoxy groups -OCH3 is 1. The summed E-state index contributed by atoms with van der Waals surface area (Å²) in [4.78, 5) is 17.9. The van der Waals surface area contributed by atoms with Crippen molar-refractivity contribution in [3.63, 3.8) is 0 Å². The number of ether oxygens (including phenoxy) is 1. The second-order valence-electron chi connectivity index (χ2n) is 8.10. The normalized spacial score (nSPS) is 14.0. The maximum atomic E-state index is 13.2. The molecule has 0 N–H and O–H groups in total. The quantitative estimate of drug-likeness (QED) is 0.430. The van der Waals surface area contributed by atoms with Crippen LogP contribution in [0.4, 0.5) is 5.69 Å². The Morgan fingerprint density at radius 1 is 1.06 bits per heavy atom. The van der Waals surface area contributed by atoms with Gasteiger partial charge in [-0.3, -0.25) is 9.10 Å². The Bertz CT molecular complexity index is 1600. The first-order valence-corrected chi connectivity index (χ1v) is 13.0. The van der Waals surface area contributed by atoms with Gasteiger partial charge in [-0.2, -0.15) is 4.99 Å². The van der Waals surface area contributed by atoms with Crippen molar-refractivity contribution in [1.29, 1.82) is 0 Å². The molecule has 0 spiro atoms. The zero-order valence-electron chi connectivity index (χ0n) is 19.0. The summed E-state index contributed by atoms with van der Waals surface area (Å²) in [5, 5.41) is 0. The van der Waals surface area contributed by atoms with E-state index in [0.717, 1.165) is 21.3 Å². The fourth-order valence-corrected chi connectivity index (χ4v) is 6.83. The molecule has 1 aliphatic rings. The van der Waals surface area contributed by atoms with Gasteiger partial charge in [0.1, 0.15) is 11.3 Å². The van der Waals surface area contributed by atoms with Gasteiger partial charge in [0.25, 0.3) is 15.9 Å². The lowest BCUT2D eigenvalue weighted by molar-refractivity contribution is 0.0998. The van der Waals surface area contributed by atoms with Crippen molar-refractivity contribution in [2.24, 2.45) is 12.0 Å². The predicted molar refractivity (Wildman–Crippen MR) is 133 cm³/mol. The first-order valence-electron chi connectivity index (χ1n) is 10.7. The van der Waals surface area contributed by atoms with Gasteiger partial charge in [0.2, 0.25) is 0 Å². The molecule has 2 heterocycles. The van der Waals surface area contributed by atoms with Crippen molar-refractivity contribution in [2.45, 2.75) is 18.2 Å². The lowest BCUT2D eigenvalue weighted by Crippen LogP contribution is -2.29. The van der Waals surface area contributed by atoms with Gasteiger partial charge in [-0.25, -0.2) is 8.42 Å². The molecule has 1 aromatic heterocycles. The number of sulfonamides is 1. The molecular weight excluding hydrogens is 470 g/mol. The first-order chi connectivity index (χ1) is 16.3. The Kier molecular flexibility index (Phi) is 5.53. The van der Waals surface area contributed by atoms with Gasteiger partial charge in [0, 0.05) is 19.2 Å². The van der Waals surface area contributed by atoms with Crippen molar-refractivity contribution in [3.8, 4) is 5.75 Å². The predicted octanol–water partition coefficient (Wildman–Crippen LogP) is 4.05. The number of hydrogen-bond acceptors (Lipinski definition) is 5. The van der Waals surface area contributed by atoms with Crippen LogP contribution in [0.3, 0.4) is 0 Å². The summed E-state index contributed by atoms with van der Waals surface area (Å²) in [5.74, 6) is 0.278. The van der Waals surface area contributed by atoms with Gasteiger partial charge in [0.05, 0.1) is 22.4 Å². The number of rotatable bonds is 4. The molecule has 0 unspecified atom stereocenters. The van der Waals surface area contributed by atoms with Crippen molar-refractivity contribution in [3.05, 3.63) is 82.2 Å². The zero-order chi connectivity index (χ0) is 24.0. The highest BCUT2D eigenvalue weighted by Crippen LogP contribution is 2.33. The van der Waals surface area contributed by atoms with Crippen LogP contribution >= 0.6 is 11.3 Å². The number of carbonyl (C=O) groups is 1. The third-order valence-corrected chi connectivity index (χ3v) is 9.15. The second-order valence-corrected chi connectivity index (χ2v) is 10.9. The number of carbonyl (C=O) groups excluding carboxylic acids is 1. The average Bonchev–Trinajstić information content (AvgIpc) is 3.42. The molecule has 5 rings (SSSR count). The fourth-order valence-electron chi connectivity index (χ4n) is 4.22. The third kappa shape index (κ3) is 3.61.